The van der Waals surface area contributed by atoms with E-state index >= 15 is 0 Å². The third kappa shape index (κ3) is 3.04. The fraction of sp³-hybridized carbons (Fsp3) is 0.0833. The Hall–Kier alpha value is -3.31. The van der Waals surface area contributed by atoms with Crippen LogP contribution in [0, 0.1) is 0 Å². The molecular weight excluding hydrogens is 380 g/mol. The van der Waals surface area contributed by atoms with Gasteiger partial charge in [0.15, 0.2) is 5.78 Å². The topological polar surface area (TPSA) is 58.2 Å². The number of Topliss-reactive ketones (excluding diaryl/α,β-unsaturated/α-hetero) is 1. The summed E-state index contributed by atoms with van der Waals surface area (Å²) in [5.74, 6) is -0.0366. The van der Waals surface area contributed by atoms with E-state index in [4.69, 9.17) is 0 Å². The zero-order chi connectivity index (χ0) is 20.0. The summed E-state index contributed by atoms with van der Waals surface area (Å²) in [6.07, 6.45) is 0. The van der Waals surface area contributed by atoms with E-state index in [1.165, 1.54) is 6.92 Å². The molecule has 1 atom stereocenters. The lowest BCUT2D eigenvalue weighted by Gasteiger charge is -2.18. The zero-order valence-electron chi connectivity index (χ0n) is 15.7. The molecule has 0 fully saturated rings. The van der Waals surface area contributed by atoms with Gasteiger partial charge in [0.1, 0.15) is 0 Å². The molecule has 5 heteroatoms. The molecule has 3 aromatic carbocycles. The van der Waals surface area contributed by atoms with Gasteiger partial charge in [-0.2, -0.15) is 0 Å². The minimum absolute atomic E-state index is 0.0688. The Balaban J connectivity index is 1.65. The standard InChI is InChI=1S/C24H18N2O2S/c1-14(27)25-16-12-10-15(11-13-16)24-21-22(17-6-2-3-7-18(17)23(21)28)26-19-8-4-5-9-20(19)29-24/h2-13,24,26H,1H3,(H,25,27). The summed E-state index contributed by atoms with van der Waals surface area (Å²) in [6.45, 7) is 1.49. The van der Waals surface area contributed by atoms with Crippen LogP contribution >= 0.6 is 11.8 Å². The first-order valence-corrected chi connectivity index (χ1v) is 10.3. The molecule has 3 aromatic rings. The van der Waals surface area contributed by atoms with E-state index in [-0.39, 0.29) is 16.9 Å². The maximum Gasteiger partial charge on any atom is 0.221 e. The summed E-state index contributed by atoms with van der Waals surface area (Å²) in [6, 6.07) is 23.6. The fourth-order valence-electron chi connectivity index (χ4n) is 3.86. The monoisotopic (exact) mass is 398 g/mol. The van der Waals surface area contributed by atoms with Crippen LogP contribution in [0.4, 0.5) is 11.4 Å². The number of fused-ring (bicyclic) bond motifs is 3. The molecule has 0 radical (unpaired) electrons. The Morgan fingerprint density at radius 1 is 0.931 bits per heavy atom. The number of anilines is 2. The third-order valence-corrected chi connectivity index (χ3v) is 6.50. The molecule has 29 heavy (non-hydrogen) atoms. The molecule has 1 aliphatic heterocycles. The highest BCUT2D eigenvalue weighted by Gasteiger charge is 2.37. The number of rotatable bonds is 2. The highest BCUT2D eigenvalue weighted by atomic mass is 32.2. The number of amides is 1. The van der Waals surface area contributed by atoms with Crippen LogP contribution in [0.3, 0.4) is 0 Å². The summed E-state index contributed by atoms with van der Waals surface area (Å²) in [5.41, 5.74) is 6.13. The van der Waals surface area contributed by atoms with Crippen molar-refractivity contribution in [1.82, 2.24) is 0 Å². The predicted molar refractivity (Wildman–Crippen MR) is 117 cm³/mol. The number of nitrogens with one attached hydrogen (secondary N) is 2. The molecule has 0 saturated heterocycles. The van der Waals surface area contributed by atoms with E-state index in [1.54, 1.807) is 11.8 Å². The second-order valence-corrected chi connectivity index (χ2v) is 8.23. The van der Waals surface area contributed by atoms with E-state index in [0.29, 0.717) is 0 Å². The lowest BCUT2D eigenvalue weighted by molar-refractivity contribution is -0.114. The molecule has 0 saturated carbocycles. The molecule has 1 amide bonds. The minimum atomic E-state index is -0.146. The van der Waals surface area contributed by atoms with Crippen molar-refractivity contribution in [1.29, 1.82) is 0 Å². The van der Waals surface area contributed by atoms with Crippen LogP contribution < -0.4 is 10.6 Å². The van der Waals surface area contributed by atoms with Crippen LogP contribution in [0.25, 0.3) is 5.70 Å². The van der Waals surface area contributed by atoms with Gasteiger partial charge >= 0.3 is 0 Å². The van der Waals surface area contributed by atoms with Crippen molar-refractivity contribution in [3.63, 3.8) is 0 Å². The van der Waals surface area contributed by atoms with Crippen LogP contribution in [0.15, 0.2) is 83.3 Å². The summed E-state index contributed by atoms with van der Waals surface area (Å²) in [5, 5.41) is 6.18. The molecule has 2 N–H and O–H groups in total. The largest absolute Gasteiger partial charge is 0.354 e. The first-order chi connectivity index (χ1) is 14.1. The van der Waals surface area contributed by atoms with Gasteiger partial charge in [-0.15, -0.1) is 11.8 Å². The van der Waals surface area contributed by atoms with Gasteiger partial charge in [-0.3, -0.25) is 9.59 Å². The normalized spacial score (nSPS) is 17.0. The maximum atomic E-state index is 13.4. The number of ketones is 1. The maximum absolute atomic E-state index is 13.4. The van der Waals surface area contributed by atoms with Crippen molar-refractivity contribution < 1.29 is 9.59 Å². The molecule has 5 rings (SSSR count). The van der Waals surface area contributed by atoms with E-state index in [2.05, 4.69) is 16.7 Å². The van der Waals surface area contributed by atoms with E-state index in [9.17, 15) is 9.59 Å². The molecule has 0 bridgehead atoms. The number of carbonyl (C=O) groups excluding carboxylic acids is 2. The quantitative estimate of drug-likeness (QED) is 0.597. The van der Waals surface area contributed by atoms with Gasteiger partial charge in [0.2, 0.25) is 5.91 Å². The van der Waals surface area contributed by atoms with Gasteiger partial charge in [-0.1, -0.05) is 48.5 Å². The van der Waals surface area contributed by atoms with Crippen molar-refractivity contribution in [3.05, 3.63) is 95.1 Å². The third-order valence-electron chi connectivity index (χ3n) is 5.14. The van der Waals surface area contributed by atoms with Crippen molar-refractivity contribution in [2.24, 2.45) is 0 Å². The number of para-hydroxylation sites is 1. The number of carbonyl (C=O) groups is 2. The summed E-state index contributed by atoms with van der Waals surface area (Å²) < 4.78 is 0. The van der Waals surface area contributed by atoms with Gasteiger partial charge in [0, 0.05) is 34.2 Å². The molecule has 142 valence electrons. The smallest absolute Gasteiger partial charge is 0.221 e. The second-order valence-electron chi connectivity index (χ2n) is 7.09. The highest BCUT2D eigenvalue weighted by molar-refractivity contribution is 8.00. The van der Waals surface area contributed by atoms with Crippen molar-refractivity contribution in [3.8, 4) is 0 Å². The van der Waals surface area contributed by atoms with Gasteiger partial charge in [-0.05, 0) is 29.8 Å². The summed E-state index contributed by atoms with van der Waals surface area (Å²) in [7, 11) is 0. The summed E-state index contributed by atoms with van der Waals surface area (Å²) in [4.78, 5) is 25.8. The number of thioether (sulfide) groups is 1. The lowest BCUT2D eigenvalue weighted by Crippen LogP contribution is -2.08. The van der Waals surface area contributed by atoms with Crippen LogP contribution in [-0.2, 0) is 4.79 Å². The highest BCUT2D eigenvalue weighted by Crippen LogP contribution is 2.52. The number of hydrogen-bond donors (Lipinski definition) is 2. The molecule has 0 spiro atoms. The predicted octanol–water partition coefficient (Wildman–Crippen LogP) is 5.51. The number of hydrogen-bond acceptors (Lipinski definition) is 4. The van der Waals surface area contributed by atoms with Gasteiger partial charge < -0.3 is 10.6 Å². The zero-order valence-corrected chi connectivity index (χ0v) is 16.5. The fourth-order valence-corrected chi connectivity index (χ4v) is 5.15. The van der Waals surface area contributed by atoms with Crippen molar-refractivity contribution in [2.45, 2.75) is 17.1 Å². The van der Waals surface area contributed by atoms with Gasteiger partial charge in [0.05, 0.1) is 16.6 Å². The van der Waals surface area contributed by atoms with Crippen LogP contribution in [0.5, 0.6) is 0 Å². The Labute approximate surface area is 173 Å². The molecular formula is C24H18N2O2S. The van der Waals surface area contributed by atoms with Crippen LogP contribution in [0.1, 0.15) is 33.7 Å². The van der Waals surface area contributed by atoms with E-state index in [0.717, 1.165) is 44.2 Å². The number of benzene rings is 3. The molecule has 2 aliphatic rings. The SMILES string of the molecule is CC(=O)Nc1ccc(C2Sc3ccccc3NC3=C2C(=O)c2ccccc23)cc1. The average Bonchev–Trinajstić information content (AvgIpc) is 2.89. The van der Waals surface area contributed by atoms with Crippen LogP contribution in [-0.4, -0.2) is 11.7 Å². The molecule has 4 nitrogen and oxygen atoms in total. The average molecular weight is 398 g/mol. The Bertz CT molecular complexity index is 1180. The van der Waals surface area contributed by atoms with E-state index < -0.39 is 0 Å². The lowest BCUT2D eigenvalue weighted by atomic mass is 10.0. The first kappa shape index (κ1) is 17.8. The van der Waals surface area contributed by atoms with Crippen LogP contribution in [0.2, 0.25) is 0 Å². The molecule has 0 aromatic heterocycles. The Morgan fingerprint density at radius 2 is 1.62 bits per heavy atom. The Kier molecular flexibility index (Phi) is 4.25. The van der Waals surface area contributed by atoms with Crippen molar-refractivity contribution >= 4 is 40.5 Å². The second kappa shape index (κ2) is 6.94. The molecule has 1 heterocycles. The Morgan fingerprint density at radius 3 is 2.38 bits per heavy atom. The first-order valence-electron chi connectivity index (χ1n) is 9.40. The molecule has 1 aliphatic carbocycles. The van der Waals surface area contributed by atoms with E-state index in [1.807, 2.05) is 66.7 Å². The molecule has 1 unspecified atom stereocenters. The minimum Gasteiger partial charge on any atom is -0.354 e. The van der Waals surface area contributed by atoms with Gasteiger partial charge in [0.25, 0.3) is 0 Å². The summed E-state index contributed by atoms with van der Waals surface area (Å²) >= 11 is 1.67. The van der Waals surface area contributed by atoms with Gasteiger partial charge in [-0.25, -0.2) is 0 Å². The van der Waals surface area contributed by atoms with Crippen molar-refractivity contribution in [2.75, 3.05) is 10.6 Å².